The lowest BCUT2D eigenvalue weighted by Crippen LogP contribution is -2.00. The van der Waals surface area contributed by atoms with Crippen LogP contribution in [0.1, 0.15) is 33.1 Å². The van der Waals surface area contributed by atoms with Crippen LogP contribution < -0.4 is 0 Å². The molecule has 0 saturated carbocycles. The minimum absolute atomic E-state index is 0.0556. The van der Waals surface area contributed by atoms with E-state index in [0.717, 1.165) is 6.42 Å². The Morgan fingerprint density at radius 3 is 2.30 bits per heavy atom. The van der Waals surface area contributed by atoms with Crippen molar-refractivity contribution in [3.05, 3.63) is 5.57 Å². The van der Waals surface area contributed by atoms with Gasteiger partial charge in [-0.2, -0.15) is 0 Å². The van der Waals surface area contributed by atoms with Crippen molar-refractivity contribution in [1.29, 1.82) is 0 Å². The quantitative estimate of drug-likeness (QED) is 0.438. The molecule has 0 amide bonds. The highest BCUT2D eigenvalue weighted by atomic mass is 16.1. The maximum Gasteiger partial charge on any atom is 0.169 e. The Hall–Kier alpha value is -0.880. The standard InChI is InChI=1S/C8H12O2/c1-3-5-8(10)7(4-2)6-9/h3-5H2,1-2H3. The monoisotopic (exact) mass is 140 g/mol. The smallest absolute Gasteiger partial charge is 0.169 e. The van der Waals surface area contributed by atoms with Crippen LogP contribution in [0.25, 0.3) is 0 Å². The highest BCUT2D eigenvalue weighted by molar-refractivity contribution is 6.01. The van der Waals surface area contributed by atoms with Crippen molar-refractivity contribution in [2.24, 2.45) is 0 Å². The van der Waals surface area contributed by atoms with Gasteiger partial charge in [-0.25, -0.2) is 4.79 Å². The van der Waals surface area contributed by atoms with Gasteiger partial charge in [-0.3, -0.25) is 4.79 Å². The first-order valence-corrected chi connectivity index (χ1v) is 3.53. The fraction of sp³-hybridized carbons (Fsp3) is 0.625. The van der Waals surface area contributed by atoms with Crippen molar-refractivity contribution in [2.75, 3.05) is 0 Å². The summed E-state index contributed by atoms with van der Waals surface area (Å²) in [6.45, 7) is 3.70. The van der Waals surface area contributed by atoms with E-state index in [-0.39, 0.29) is 5.78 Å². The highest BCUT2D eigenvalue weighted by Crippen LogP contribution is 2.02. The van der Waals surface area contributed by atoms with Gasteiger partial charge in [0.25, 0.3) is 0 Å². The molecule has 0 aliphatic heterocycles. The molecule has 0 aliphatic carbocycles. The summed E-state index contributed by atoms with van der Waals surface area (Å²) in [6.07, 6.45) is 1.77. The normalized spacial score (nSPS) is 8.60. The zero-order chi connectivity index (χ0) is 7.98. The van der Waals surface area contributed by atoms with E-state index in [9.17, 15) is 9.59 Å². The Labute approximate surface area is 60.9 Å². The number of carbonyl (C=O) groups excluding carboxylic acids is 2. The van der Waals surface area contributed by atoms with Gasteiger partial charge in [-0.15, -0.1) is 0 Å². The lowest BCUT2D eigenvalue weighted by molar-refractivity contribution is -0.115. The van der Waals surface area contributed by atoms with Gasteiger partial charge in [0.1, 0.15) is 5.94 Å². The SMILES string of the molecule is CCCC(=O)C(=C=O)CC. The minimum atomic E-state index is -0.0556. The largest absolute Gasteiger partial charge is 0.294 e. The fourth-order valence-corrected chi connectivity index (χ4v) is 0.704. The van der Waals surface area contributed by atoms with Crippen molar-refractivity contribution in [1.82, 2.24) is 0 Å². The number of ketones is 1. The Balaban J connectivity index is 4.04. The predicted octanol–water partition coefficient (Wildman–Crippen LogP) is 1.52. The second-order valence-electron chi connectivity index (χ2n) is 2.11. The van der Waals surface area contributed by atoms with Crippen LogP contribution in [-0.4, -0.2) is 11.7 Å². The second kappa shape index (κ2) is 4.95. The molecular formula is C8H12O2. The van der Waals surface area contributed by atoms with E-state index in [1.54, 1.807) is 12.9 Å². The van der Waals surface area contributed by atoms with Gasteiger partial charge in [0.2, 0.25) is 0 Å². The third kappa shape index (κ3) is 2.60. The molecule has 56 valence electrons. The first-order chi connectivity index (χ1) is 4.76. The van der Waals surface area contributed by atoms with E-state index in [4.69, 9.17) is 0 Å². The van der Waals surface area contributed by atoms with Gasteiger partial charge in [0.15, 0.2) is 5.78 Å². The van der Waals surface area contributed by atoms with E-state index < -0.39 is 0 Å². The van der Waals surface area contributed by atoms with E-state index in [1.165, 1.54) is 0 Å². The summed E-state index contributed by atoms with van der Waals surface area (Å²) < 4.78 is 0. The molecule has 0 fully saturated rings. The lowest BCUT2D eigenvalue weighted by Gasteiger charge is -1.94. The first-order valence-electron chi connectivity index (χ1n) is 3.53. The van der Waals surface area contributed by atoms with Crippen molar-refractivity contribution < 1.29 is 9.59 Å². The van der Waals surface area contributed by atoms with E-state index in [1.807, 2.05) is 6.92 Å². The van der Waals surface area contributed by atoms with Gasteiger partial charge < -0.3 is 0 Å². The predicted molar refractivity (Wildman–Crippen MR) is 39.4 cm³/mol. The summed E-state index contributed by atoms with van der Waals surface area (Å²) in [7, 11) is 0. The van der Waals surface area contributed by atoms with Gasteiger partial charge >= 0.3 is 0 Å². The fourth-order valence-electron chi connectivity index (χ4n) is 0.704. The van der Waals surface area contributed by atoms with Crippen LogP contribution in [0.4, 0.5) is 0 Å². The third-order valence-corrected chi connectivity index (χ3v) is 1.29. The van der Waals surface area contributed by atoms with Crippen LogP contribution in [0.5, 0.6) is 0 Å². The Morgan fingerprint density at radius 2 is 2.00 bits per heavy atom. The van der Waals surface area contributed by atoms with Crippen LogP contribution in [-0.2, 0) is 9.59 Å². The summed E-state index contributed by atoms with van der Waals surface area (Å²) in [5.41, 5.74) is 0.293. The molecule has 0 aromatic carbocycles. The Kier molecular flexibility index (Phi) is 4.51. The second-order valence-corrected chi connectivity index (χ2v) is 2.11. The minimum Gasteiger partial charge on any atom is -0.294 e. The molecule has 0 saturated heterocycles. The molecule has 0 atom stereocenters. The van der Waals surface area contributed by atoms with Crippen LogP contribution in [0.2, 0.25) is 0 Å². The summed E-state index contributed by atoms with van der Waals surface area (Å²) in [6, 6.07) is 0. The molecule has 0 rings (SSSR count). The number of allylic oxidation sites excluding steroid dienone is 1. The zero-order valence-electron chi connectivity index (χ0n) is 6.44. The first kappa shape index (κ1) is 9.12. The number of Topliss-reactive ketones (excluding diaryl/α,β-unsaturated/α-hetero) is 1. The molecule has 0 spiro atoms. The third-order valence-electron chi connectivity index (χ3n) is 1.29. The summed E-state index contributed by atoms with van der Waals surface area (Å²) in [5.74, 6) is 1.60. The molecule has 0 unspecified atom stereocenters. The molecule has 0 radical (unpaired) electrons. The molecule has 2 heteroatoms. The molecule has 0 heterocycles. The molecular weight excluding hydrogens is 128 g/mol. The molecule has 0 aliphatic rings. The average Bonchev–Trinajstić information content (AvgIpc) is 1.91. The van der Waals surface area contributed by atoms with Gasteiger partial charge in [0, 0.05) is 6.42 Å². The van der Waals surface area contributed by atoms with Crippen molar-refractivity contribution in [2.45, 2.75) is 33.1 Å². The van der Waals surface area contributed by atoms with Gasteiger partial charge in [-0.05, 0) is 12.8 Å². The molecule has 2 nitrogen and oxygen atoms in total. The van der Waals surface area contributed by atoms with E-state index in [0.29, 0.717) is 18.4 Å². The summed E-state index contributed by atoms with van der Waals surface area (Å²) >= 11 is 0. The molecule has 0 aromatic heterocycles. The van der Waals surface area contributed by atoms with Crippen molar-refractivity contribution >= 4 is 11.7 Å². The van der Waals surface area contributed by atoms with Crippen LogP contribution in [0.3, 0.4) is 0 Å². The molecule has 0 N–H and O–H groups in total. The molecule has 0 aromatic rings. The Morgan fingerprint density at radius 1 is 1.40 bits per heavy atom. The van der Waals surface area contributed by atoms with E-state index in [2.05, 4.69) is 0 Å². The van der Waals surface area contributed by atoms with E-state index >= 15 is 0 Å². The maximum atomic E-state index is 10.9. The number of hydrogen-bond donors (Lipinski definition) is 0. The maximum absolute atomic E-state index is 10.9. The number of carbonyl (C=O) groups is 1. The van der Waals surface area contributed by atoms with Crippen LogP contribution in [0.15, 0.2) is 5.57 Å². The zero-order valence-corrected chi connectivity index (χ0v) is 6.44. The number of hydrogen-bond acceptors (Lipinski definition) is 2. The summed E-state index contributed by atoms with van der Waals surface area (Å²) in [5, 5.41) is 0. The number of rotatable bonds is 4. The Bertz CT molecular complexity index is 164. The highest BCUT2D eigenvalue weighted by Gasteiger charge is 2.05. The van der Waals surface area contributed by atoms with Crippen LogP contribution >= 0.6 is 0 Å². The average molecular weight is 140 g/mol. The van der Waals surface area contributed by atoms with Gasteiger partial charge in [0.05, 0.1) is 5.57 Å². The molecule has 10 heavy (non-hydrogen) atoms. The van der Waals surface area contributed by atoms with Crippen LogP contribution in [0, 0.1) is 0 Å². The van der Waals surface area contributed by atoms with Crippen molar-refractivity contribution in [3.8, 4) is 0 Å². The molecule has 0 bridgehead atoms. The van der Waals surface area contributed by atoms with Gasteiger partial charge in [-0.1, -0.05) is 13.8 Å². The summed E-state index contributed by atoms with van der Waals surface area (Å²) in [4.78, 5) is 21.0. The topological polar surface area (TPSA) is 34.1 Å². The van der Waals surface area contributed by atoms with Crippen molar-refractivity contribution in [3.63, 3.8) is 0 Å². The lowest BCUT2D eigenvalue weighted by atomic mass is 10.1.